The fraction of sp³-hybridized carbons (Fsp3) is 0.400. The second kappa shape index (κ2) is 7.95. The number of carbonyl (C=O) groups is 1. The predicted molar refractivity (Wildman–Crippen MR) is 82.8 cm³/mol. The molecule has 0 bridgehead atoms. The van der Waals surface area contributed by atoms with Crippen LogP contribution in [0.5, 0.6) is 0 Å². The number of nitrogens with one attached hydrogen (secondary N) is 1. The highest BCUT2D eigenvalue weighted by atomic mass is 32.2. The number of rotatable bonds is 7. The molecular weight excluding hydrogens is 290 g/mol. The second-order valence-corrected chi connectivity index (χ2v) is 6.36. The fourth-order valence-electron chi connectivity index (χ4n) is 1.71. The smallest absolute Gasteiger partial charge is 0.324 e. The monoisotopic (exact) mass is 311 g/mol. The summed E-state index contributed by atoms with van der Waals surface area (Å²) in [5.74, 6) is -0.738. The van der Waals surface area contributed by atoms with Crippen molar-refractivity contribution >= 4 is 22.1 Å². The second-order valence-electron chi connectivity index (χ2n) is 4.76. The van der Waals surface area contributed by atoms with Gasteiger partial charge < -0.3 is 4.74 Å². The van der Waals surface area contributed by atoms with Crippen LogP contribution in [0, 0.1) is 5.92 Å². The van der Waals surface area contributed by atoms with Crippen molar-refractivity contribution in [3.63, 3.8) is 0 Å². The summed E-state index contributed by atoms with van der Waals surface area (Å²) in [4.78, 5) is 11.7. The zero-order valence-electron chi connectivity index (χ0n) is 12.4. The van der Waals surface area contributed by atoms with Crippen LogP contribution in [0.4, 0.5) is 0 Å². The first kappa shape index (κ1) is 17.4. The van der Waals surface area contributed by atoms with Crippen molar-refractivity contribution in [1.82, 2.24) is 4.72 Å². The predicted octanol–water partition coefficient (Wildman–Crippen LogP) is 2.16. The number of hydrogen-bond acceptors (Lipinski definition) is 4. The molecule has 0 aliphatic heterocycles. The van der Waals surface area contributed by atoms with Crippen molar-refractivity contribution in [3.8, 4) is 0 Å². The lowest BCUT2D eigenvalue weighted by atomic mass is 10.0. The van der Waals surface area contributed by atoms with E-state index in [1.54, 1.807) is 19.1 Å². The number of benzene rings is 1. The molecule has 2 atom stereocenters. The molecule has 0 amide bonds. The van der Waals surface area contributed by atoms with Gasteiger partial charge in [-0.1, -0.05) is 50.6 Å². The van der Waals surface area contributed by atoms with Gasteiger partial charge in [-0.25, -0.2) is 8.42 Å². The number of carbonyl (C=O) groups excluding carboxylic acids is 1. The molecule has 6 heteroatoms. The van der Waals surface area contributed by atoms with Gasteiger partial charge in [-0.3, -0.25) is 4.79 Å². The zero-order chi connectivity index (χ0) is 15.9. The normalized spacial score (nSPS) is 14.8. The minimum atomic E-state index is -3.72. The summed E-state index contributed by atoms with van der Waals surface area (Å²) in [5.41, 5.74) is 0.765. The van der Waals surface area contributed by atoms with E-state index in [9.17, 15) is 13.2 Å². The summed E-state index contributed by atoms with van der Waals surface area (Å²) in [6.45, 7) is 3.68. The fourth-order valence-corrected chi connectivity index (χ4v) is 2.81. The van der Waals surface area contributed by atoms with E-state index in [1.165, 1.54) is 13.2 Å². The molecular formula is C15H21NO4S. The average Bonchev–Trinajstić information content (AvgIpc) is 2.50. The van der Waals surface area contributed by atoms with Gasteiger partial charge in [-0.15, -0.1) is 0 Å². The van der Waals surface area contributed by atoms with Crippen LogP contribution >= 0.6 is 0 Å². The number of esters is 1. The maximum atomic E-state index is 12.0. The Morgan fingerprint density at radius 2 is 1.95 bits per heavy atom. The van der Waals surface area contributed by atoms with Gasteiger partial charge in [0.25, 0.3) is 0 Å². The van der Waals surface area contributed by atoms with E-state index >= 15 is 0 Å². The molecule has 5 nitrogen and oxygen atoms in total. The lowest BCUT2D eigenvalue weighted by Crippen LogP contribution is -2.44. The molecule has 1 aromatic rings. The quantitative estimate of drug-likeness (QED) is 0.783. The number of ether oxygens (including phenoxy) is 1. The largest absolute Gasteiger partial charge is 0.468 e. The van der Waals surface area contributed by atoms with Gasteiger partial charge in [0.2, 0.25) is 10.0 Å². The van der Waals surface area contributed by atoms with Crippen LogP contribution in [0.3, 0.4) is 0 Å². The van der Waals surface area contributed by atoms with Crippen LogP contribution in [0.1, 0.15) is 25.8 Å². The third-order valence-electron chi connectivity index (χ3n) is 3.20. The molecule has 1 aromatic carbocycles. The molecule has 116 valence electrons. The Balaban J connectivity index is 2.86. The maximum absolute atomic E-state index is 12.0. The van der Waals surface area contributed by atoms with Gasteiger partial charge in [0.05, 0.1) is 7.11 Å². The minimum Gasteiger partial charge on any atom is -0.468 e. The SMILES string of the molecule is CC[C@H](C)[C@@H](NS(=O)(=O)/C=C/c1ccccc1)C(=O)OC. The molecule has 0 unspecified atom stereocenters. The summed E-state index contributed by atoms with van der Waals surface area (Å²) < 4.78 is 31.1. The molecule has 1 rings (SSSR count). The Morgan fingerprint density at radius 3 is 2.48 bits per heavy atom. The van der Waals surface area contributed by atoms with Gasteiger partial charge in [0.15, 0.2) is 0 Å². The van der Waals surface area contributed by atoms with Crippen LogP contribution in [0.2, 0.25) is 0 Å². The highest BCUT2D eigenvalue weighted by Crippen LogP contribution is 2.11. The summed E-state index contributed by atoms with van der Waals surface area (Å²) in [6, 6.07) is 8.18. The standard InChI is InChI=1S/C15H21NO4S/c1-4-12(2)14(15(17)20-3)16-21(18,19)11-10-13-8-6-5-7-9-13/h5-12,14,16H,4H2,1-3H3/b11-10+/t12-,14+/m0/s1. The van der Waals surface area contributed by atoms with Crippen molar-refractivity contribution in [2.45, 2.75) is 26.3 Å². The van der Waals surface area contributed by atoms with E-state index in [1.807, 2.05) is 25.1 Å². The third kappa shape index (κ3) is 5.69. The van der Waals surface area contributed by atoms with Crippen LogP contribution in [-0.4, -0.2) is 27.5 Å². The third-order valence-corrected chi connectivity index (χ3v) is 4.28. The molecule has 0 spiro atoms. The van der Waals surface area contributed by atoms with E-state index in [0.29, 0.717) is 6.42 Å². The van der Waals surface area contributed by atoms with Gasteiger partial charge in [0, 0.05) is 5.41 Å². The number of hydrogen-bond donors (Lipinski definition) is 1. The molecule has 0 saturated heterocycles. The topological polar surface area (TPSA) is 72.5 Å². The molecule has 0 radical (unpaired) electrons. The first-order valence-electron chi connectivity index (χ1n) is 6.73. The summed E-state index contributed by atoms with van der Waals surface area (Å²) in [6.07, 6.45) is 2.14. The summed E-state index contributed by atoms with van der Waals surface area (Å²) in [7, 11) is -2.48. The molecule has 21 heavy (non-hydrogen) atoms. The van der Waals surface area contributed by atoms with Crippen molar-refractivity contribution in [2.75, 3.05) is 7.11 Å². The highest BCUT2D eigenvalue weighted by Gasteiger charge is 2.28. The molecule has 0 heterocycles. The highest BCUT2D eigenvalue weighted by molar-refractivity contribution is 7.92. The van der Waals surface area contributed by atoms with Crippen molar-refractivity contribution in [1.29, 1.82) is 0 Å². The number of sulfonamides is 1. The van der Waals surface area contributed by atoms with Crippen LogP contribution in [-0.2, 0) is 19.6 Å². The first-order valence-corrected chi connectivity index (χ1v) is 8.27. The first-order chi connectivity index (χ1) is 9.89. The number of methoxy groups -OCH3 is 1. The molecule has 0 aromatic heterocycles. The van der Waals surface area contributed by atoms with Crippen molar-refractivity contribution in [3.05, 3.63) is 41.3 Å². The lowest BCUT2D eigenvalue weighted by Gasteiger charge is -2.20. The van der Waals surface area contributed by atoms with E-state index in [0.717, 1.165) is 11.0 Å². The van der Waals surface area contributed by atoms with Crippen molar-refractivity contribution in [2.24, 2.45) is 5.92 Å². The Hall–Kier alpha value is -1.66. The van der Waals surface area contributed by atoms with E-state index in [4.69, 9.17) is 0 Å². The van der Waals surface area contributed by atoms with Crippen LogP contribution < -0.4 is 4.72 Å². The zero-order valence-corrected chi connectivity index (χ0v) is 13.3. The van der Waals surface area contributed by atoms with Crippen molar-refractivity contribution < 1.29 is 17.9 Å². The van der Waals surface area contributed by atoms with Crippen LogP contribution in [0.15, 0.2) is 35.7 Å². The molecule has 1 N–H and O–H groups in total. The maximum Gasteiger partial charge on any atom is 0.324 e. The molecule has 0 fully saturated rings. The van der Waals surface area contributed by atoms with E-state index in [-0.39, 0.29) is 5.92 Å². The van der Waals surface area contributed by atoms with Gasteiger partial charge in [-0.05, 0) is 17.6 Å². The van der Waals surface area contributed by atoms with Crippen LogP contribution in [0.25, 0.3) is 6.08 Å². The summed E-state index contributed by atoms with van der Waals surface area (Å²) in [5, 5.41) is 1.06. The van der Waals surface area contributed by atoms with E-state index < -0.39 is 22.0 Å². The van der Waals surface area contributed by atoms with Gasteiger partial charge >= 0.3 is 5.97 Å². The lowest BCUT2D eigenvalue weighted by molar-refractivity contribution is -0.143. The average molecular weight is 311 g/mol. The Kier molecular flexibility index (Phi) is 6.58. The van der Waals surface area contributed by atoms with Gasteiger partial charge in [0.1, 0.15) is 6.04 Å². The minimum absolute atomic E-state index is 0.155. The molecule has 0 aliphatic carbocycles. The Bertz CT molecular complexity index is 581. The summed E-state index contributed by atoms with van der Waals surface area (Å²) >= 11 is 0. The molecule has 0 saturated carbocycles. The van der Waals surface area contributed by atoms with Gasteiger partial charge in [-0.2, -0.15) is 4.72 Å². The Labute approximate surface area is 126 Å². The van der Waals surface area contributed by atoms with E-state index in [2.05, 4.69) is 9.46 Å². The Morgan fingerprint density at radius 1 is 1.33 bits per heavy atom. The molecule has 0 aliphatic rings.